The average molecular weight is 305 g/mol. The van der Waals surface area contributed by atoms with E-state index in [1.165, 1.54) is 18.4 Å². The Hall–Kier alpha value is -1.49. The van der Waals surface area contributed by atoms with E-state index in [1.807, 2.05) is 24.3 Å². The van der Waals surface area contributed by atoms with Crippen LogP contribution in [-0.4, -0.2) is 20.5 Å². The van der Waals surface area contributed by atoms with E-state index in [0.717, 1.165) is 29.0 Å². The van der Waals surface area contributed by atoms with Crippen molar-refractivity contribution in [2.45, 2.75) is 51.9 Å². The van der Waals surface area contributed by atoms with Gasteiger partial charge in [0, 0.05) is 12.3 Å². The van der Waals surface area contributed by atoms with Crippen LogP contribution in [0.5, 0.6) is 5.75 Å². The highest BCUT2D eigenvalue weighted by Crippen LogP contribution is 2.19. The number of benzene rings is 1. The lowest BCUT2D eigenvalue weighted by Gasteiger charge is -2.09. The van der Waals surface area contributed by atoms with Crippen molar-refractivity contribution < 1.29 is 4.74 Å². The Morgan fingerprint density at radius 2 is 1.90 bits per heavy atom. The van der Waals surface area contributed by atoms with Crippen molar-refractivity contribution in [1.82, 2.24) is 14.8 Å². The second kappa shape index (κ2) is 8.08. The van der Waals surface area contributed by atoms with E-state index < -0.39 is 0 Å². The summed E-state index contributed by atoms with van der Waals surface area (Å²) in [4.78, 5) is 0. The van der Waals surface area contributed by atoms with Gasteiger partial charge in [0.15, 0.2) is 11.0 Å². The van der Waals surface area contributed by atoms with Crippen LogP contribution in [0.25, 0.3) is 0 Å². The van der Waals surface area contributed by atoms with E-state index in [-0.39, 0.29) is 0 Å². The number of hydrogen-bond acceptors (Lipinski definition) is 4. The molecule has 0 atom stereocenters. The van der Waals surface area contributed by atoms with Crippen LogP contribution in [0.1, 0.15) is 38.1 Å². The van der Waals surface area contributed by atoms with E-state index >= 15 is 0 Å². The van der Waals surface area contributed by atoms with Crippen molar-refractivity contribution in [2.24, 2.45) is 0 Å². The Balaban J connectivity index is 1.97. The molecule has 5 heteroatoms. The first-order valence-electron chi connectivity index (χ1n) is 7.49. The molecule has 0 saturated carbocycles. The number of ether oxygens (including phenoxy) is 1. The second-order valence-electron chi connectivity index (χ2n) is 4.95. The summed E-state index contributed by atoms with van der Waals surface area (Å²) in [5.74, 6) is 2.84. The molecule has 0 spiro atoms. The smallest absolute Gasteiger partial charge is 0.191 e. The maximum absolute atomic E-state index is 5.80. The van der Waals surface area contributed by atoms with Gasteiger partial charge in [-0.15, -0.1) is 10.2 Å². The molecule has 1 aromatic carbocycles. The van der Waals surface area contributed by atoms with Crippen molar-refractivity contribution in [2.75, 3.05) is 5.75 Å². The highest BCUT2D eigenvalue weighted by Gasteiger charge is 2.11. The topological polar surface area (TPSA) is 39.9 Å². The first kappa shape index (κ1) is 15.9. The Morgan fingerprint density at radius 3 is 2.57 bits per heavy atom. The van der Waals surface area contributed by atoms with Gasteiger partial charge >= 0.3 is 0 Å². The van der Waals surface area contributed by atoms with Gasteiger partial charge < -0.3 is 9.30 Å². The maximum atomic E-state index is 5.80. The van der Waals surface area contributed by atoms with Crippen molar-refractivity contribution >= 4 is 11.8 Å². The summed E-state index contributed by atoms with van der Waals surface area (Å²) in [5.41, 5.74) is 1.23. The van der Waals surface area contributed by atoms with Gasteiger partial charge in [-0.2, -0.15) is 0 Å². The zero-order valence-corrected chi connectivity index (χ0v) is 13.8. The fourth-order valence-electron chi connectivity index (χ4n) is 1.94. The second-order valence-corrected chi connectivity index (χ2v) is 6.01. The van der Waals surface area contributed by atoms with E-state index in [4.69, 9.17) is 4.74 Å². The molecule has 0 unspecified atom stereocenters. The molecule has 2 rings (SSSR count). The molecular formula is C16H23N3OS. The fourth-order valence-corrected chi connectivity index (χ4v) is 3.04. The van der Waals surface area contributed by atoms with Gasteiger partial charge in [0.05, 0.1) is 0 Å². The van der Waals surface area contributed by atoms with Crippen molar-refractivity contribution in [1.29, 1.82) is 0 Å². The minimum atomic E-state index is 0.457. The minimum Gasteiger partial charge on any atom is -0.486 e. The first-order chi connectivity index (χ1) is 10.2. The maximum Gasteiger partial charge on any atom is 0.191 e. The standard InChI is InChI=1S/C16H23N3OS/c1-4-6-11-21-16-18-17-15(19(16)5-2)12-20-14-9-7-13(3)8-10-14/h7-10H,4-6,11-12H2,1-3H3. The number of unbranched alkanes of at least 4 members (excludes halogenated alkanes) is 1. The largest absolute Gasteiger partial charge is 0.486 e. The molecule has 2 aromatic rings. The number of aromatic nitrogens is 3. The molecule has 0 bridgehead atoms. The van der Waals surface area contributed by atoms with Crippen LogP contribution in [0.3, 0.4) is 0 Å². The van der Waals surface area contributed by atoms with E-state index in [0.29, 0.717) is 6.61 Å². The Kier molecular flexibility index (Phi) is 6.11. The summed E-state index contributed by atoms with van der Waals surface area (Å²) in [6, 6.07) is 8.07. The molecule has 0 amide bonds. The molecular weight excluding hydrogens is 282 g/mol. The van der Waals surface area contributed by atoms with Gasteiger partial charge in [0.25, 0.3) is 0 Å². The highest BCUT2D eigenvalue weighted by atomic mass is 32.2. The molecule has 4 nitrogen and oxygen atoms in total. The number of hydrogen-bond donors (Lipinski definition) is 0. The van der Waals surface area contributed by atoms with Crippen LogP contribution in [0.15, 0.2) is 29.4 Å². The summed E-state index contributed by atoms with van der Waals surface area (Å²) in [6.45, 7) is 7.71. The number of aryl methyl sites for hydroxylation is 1. The summed E-state index contributed by atoms with van der Waals surface area (Å²) < 4.78 is 7.93. The first-order valence-corrected chi connectivity index (χ1v) is 8.47. The molecule has 0 fully saturated rings. The predicted octanol–water partition coefficient (Wildman–Crippen LogP) is 4.08. The quantitative estimate of drug-likeness (QED) is 0.544. The van der Waals surface area contributed by atoms with Crippen LogP contribution >= 0.6 is 11.8 Å². The average Bonchev–Trinajstić information content (AvgIpc) is 2.89. The summed E-state index contributed by atoms with van der Waals surface area (Å²) in [7, 11) is 0. The normalized spacial score (nSPS) is 10.8. The van der Waals surface area contributed by atoms with Crippen molar-refractivity contribution in [3.63, 3.8) is 0 Å². The van der Waals surface area contributed by atoms with E-state index in [2.05, 4.69) is 35.5 Å². The SMILES string of the molecule is CCCCSc1nnc(COc2ccc(C)cc2)n1CC. The molecule has 114 valence electrons. The van der Waals surface area contributed by atoms with Crippen LogP contribution in [0.2, 0.25) is 0 Å². The third kappa shape index (κ3) is 4.49. The van der Waals surface area contributed by atoms with Crippen LogP contribution in [-0.2, 0) is 13.2 Å². The molecule has 0 radical (unpaired) electrons. The molecule has 0 aliphatic carbocycles. The molecule has 0 saturated heterocycles. The molecule has 0 aliphatic heterocycles. The molecule has 0 aliphatic rings. The van der Waals surface area contributed by atoms with Gasteiger partial charge in [0.2, 0.25) is 0 Å². The molecule has 0 N–H and O–H groups in total. The molecule has 21 heavy (non-hydrogen) atoms. The Labute approximate surface area is 130 Å². The number of nitrogens with zero attached hydrogens (tertiary/aromatic N) is 3. The zero-order valence-electron chi connectivity index (χ0n) is 13.0. The number of thioether (sulfide) groups is 1. The molecule has 1 heterocycles. The van der Waals surface area contributed by atoms with Crippen LogP contribution < -0.4 is 4.74 Å². The molecule has 1 aromatic heterocycles. The van der Waals surface area contributed by atoms with Gasteiger partial charge in [-0.25, -0.2) is 0 Å². The van der Waals surface area contributed by atoms with E-state index in [1.54, 1.807) is 11.8 Å². The summed E-state index contributed by atoms with van der Waals surface area (Å²) in [5, 5.41) is 9.54. The van der Waals surface area contributed by atoms with E-state index in [9.17, 15) is 0 Å². The zero-order chi connectivity index (χ0) is 15.1. The lowest BCUT2D eigenvalue weighted by molar-refractivity contribution is 0.288. The lowest BCUT2D eigenvalue weighted by Crippen LogP contribution is -2.07. The Morgan fingerprint density at radius 1 is 1.14 bits per heavy atom. The van der Waals surface area contributed by atoms with Gasteiger partial charge in [-0.05, 0) is 32.4 Å². The van der Waals surface area contributed by atoms with Gasteiger partial charge in [-0.1, -0.05) is 42.8 Å². The van der Waals surface area contributed by atoms with Gasteiger partial charge in [0.1, 0.15) is 12.4 Å². The van der Waals surface area contributed by atoms with Crippen LogP contribution in [0.4, 0.5) is 0 Å². The number of rotatable bonds is 8. The van der Waals surface area contributed by atoms with Crippen molar-refractivity contribution in [3.8, 4) is 5.75 Å². The predicted molar refractivity (Wildman–Crippen MR) is 86.8 cm³/mol. The third-order valence-electron chi connectivity index (χ3n) is 3.23. The highest BCUT2D eigenvalue weighted by molar-refractivity contribution is 7.99. The summed E-state index contributed by atoms with van der Waals surface area (Å²) in [6.07, 6.45) is 2.41. The summed E-state index contributed by atoms with van der Waals surface area (Å²) >= 11 is 1.77. The van der Waals surface area contributed by atoms with Crippen LogP contribution in [0, 0.1) is 6.92 Å². The lowest BCUT2D eigenvalue weighted by atomic mass is 10.2. The third-order valence-corrected chi connectivity index (χ3v) is 4.28. The fraction of sp³-hybridized carbons (Fsp3) is 0.500. The monoisotopic (exact) mass is 305 g/mol. The van der Waals surface area contributed by atoms with Crippen molar-refractivity contribution in [3.05, 3.63) is 35.7 Å². The van der Waals surface area contributed by atoms with Gasteiger partial charge in [-0.3, -0.25) is 0 Å². The minimum absolute atomic E-state index is 0.457. The Bertz CT molecular complexity index is 551.